The molecule has 0 aliphatic heterocycles. The first kappa shape index (κ1) is 15.1. The van der Waals surface area contributed by atoms with Gasteiger partial charge in [-0.1, -0.05) is 0 Å². The van der Waals surface area contributed by atoms with Crippen molar-refractivity contribution in [1.82, 2.24) is 0 Å². The van der Waals surface area contributed by atoms with Crippen molar-refractivity contribution in [2.45, 2.75) is 4.90 Å². The summed E-state index contributed by atoms with van der Waals surface area (Å²) in [5, 5.41) is 10.6. The van der Waals surface area contributed by atoms with E-state index in [0.29, 0.717) is 0 Å². The van der Waals surface area contributed by atoms with Gasteiger partial charge in [0, 0.05) is 0 Å². The largest absolute Gasteiger partial charge is 0.492 e. The Bertz CT molecular complexity index is 802. The highest BCUT2D eigenvalue weighted by molar-refractivity contribution is 7.93. The predicted molar refractivity (Wildman–Crippen MR) is 77.2 cm³/mol. The molecule has 3 N–H and O–H groups in total. The van der Waals surface area contributed by atoms with Gasteiger partial charge in [-0.15, -0.1) is 11.3 Å². The highest BCUT2D eigenvalue weighted by Crippen LogP contribution is 2.31. The van der Waals surface area contributed by atoms with E-state index in [9.17, 15) is 12.8 Å². The van der Waals surface area contributed by atoms with Gasteiger partial charge in [-0.2, -0.15) is 5.26 Å². The van der Waals surface area contributed by atoms with Gasteiger partial charge in [-0.25, -0.2) is 12.8 Å². The average Bonchev–Trinajstić information content (AvgIpc) is 2.84. The van der Waals surface area contributed by atoms with Crippen LogP contribution in [0.5, 0.6) is 5.75 Å². The average molecular weight is 327 g/mol. The van der Waals surface area contributed by atoms with Crippen molar-refractivity contribution in [3.05, 3.63) is 35.0 Å². The third-order valence-electron chi connectivity index (χ3n) is 2.57. The highest BCUT2D eigenvalue weighted by Gasteiger charge is 2.21. The van der Waals surface area contributed by atoms with E-state index >= 15 is 0 Å². The SMILES string of the molecule is COc1c(N)cc(S(=O)(=O)Nc2sccc2C#N)cc1F. The number of ether oxygens (including phenoxy) is 1. The van der Waals surface area contributed by atoms with E-state index in [1.807, 2.05) is 6.07 Å². The Morgan fingerprint density at radius 2 is 2.19 bits per heavy atom. The molecule has 110 valence electrons. The molecule has 0 spiro atoms. The van der Waals surface area contributed by atoms with Gasteiger partial charge in [0.1, 0.15) is 11.1 Å². The van der Waals surface area contributed by atoms with Gasteiger partial charge in [0.2, 0.25) is 0 Å². The van der Waals surface area contributed by atoms with Crippen LogP contribution in [-0.4, -0.2) is 15.5 Å². The second-order valence-electron chi connectivity index (χ2n) is 3.91. The van der Waals surface area contributed by atoms with Crippen LogP contribution in [-0.2, 0) is 10.0 Å². The quantitative estimate of drug-likeness (QED) is 0.837. The predicted octanol–water partition coefficient (Wildman–Crippen LogP) is 2.15. The van der Waals surface area contributed by atoms with Gasteiger partial charge in [-0.3, -0.25) is 4.72 Å². The lowest BCUT2D eigenvalue weighted by molar-refractivity contribution is 0.388. The number of nitrogen functional groups attached to an aromatic ring is 1. The van der Waals surface area contributed by atoms with Crippen molar-refractivity contribution in [3.63, 3.8) is 0 Å². The molecule has 9 heteroatoms. The Labute approximate surface area is 124 Å². The molecule has 0 aliphatic rings. The number of hydrogen-bond donors (Lipinski definition) is 2. The van der Waals surface area contributed by atoms with Gasteiger partial charge >= 0.3 is 0 Å². The molecule has 6 nitrogen and oxygen atoms in total. The molecule has 0 radical (unpaired) electrons. The minimum Gasteiger partial charge on any atom is -0.492 e. The van der Waals surface area contributed by atoms with Crippen LogP contribution in [0.4, 0.5) is 15.1 Å². The minimum absolute atomic E-state index is 0.135. The van der Waals surface area contributed by atoms with Crippen molar-refractivity contribution in [1.29, 1.82) is 5.26 Å². The summed E-state index contributed by atoms with van der Waals surface area (Å²) in [5.74, 6) is -1.10. The fourth-order valence-electron chi connectivity index (χ4n) is 1.62. The number of hydrogen-bond acceptors (Lipinski definition) is 6. The first-order valence-electron chi connectivity index (χ1n) is 5.52. The summed E-state index contributed by atoms with van der Waals surface area (Å²) in [6, 6.07) is 5.22. The van der Waals surface area contributed by atoms with Crippen LogP contribution in [0.2, 0.25) is 0 Å². The van der Waals surface area contributed by atoms with E-state index in [1.54, 1.807) is 5.38 Å². The van der Waals surface area contributed by atoms with E-state index < -0.39 is 15.8 Å². The Balaban J connectivity index is 2.44. The molecule has 1 aromatic heterocycles. The van der Waals surface area contributed by atoms with Gasteiger partial charge in [0.05, 0.1) is 23.3 Å². The van der Waals surface area contributed by atoms with Crippen molar-refractivity contribution < 1.29 is 17.5 Å². The molecule has 0 unspecified atom stereocenters. The summed E-state index contributed by atoms with van der Waals surface area (Å²) >= 11 is 1.05. The lowest BCUT2D eigenvalue weighted by Gasteiger charge is -2.10. The monoisotopic (exact) mass is 327 g/mol. The summed E-state index contributed by atoms with van der Waals surface area (Å²) in [5.41, 5.74) is 5.60. The summed E-state index contributed by atoms with van der Waals surface area (Å²) in [7, 11) is -2.82. The molecule has 0 aliphatic carbocycles. The maximum Gasteiger partial charge on any atom is 0.262 e. The van der Waals surface area contributed by atoms with Crippen LogP contribution < -0.4 is 15.2 Å². The Hall–Kier alpha value is -2.31. The molecule has 0 bridgehead atoms. The highest BCUT2D eigenvalue weighted by atomic mass is 32.2. The van der Waals surface area contributed by atoms with Gasteiger partial charge in [0.25, 0.3) is 10.0 Å². The third kappa shape index (κ3) is 2.91. The number of nitrogens with one attached hydrogen (secondary N) is 1. The molecule has 0 amide bonds. The molecular weight excluding hydrogens is 317 g/mol. The molecule has 1 aromatic carbocycles. The third-order valence-corrected chi connectivity index (χ3v) is 4.86. The Kier molecular flexibility index (Phi) is 4.02. The zero-order valence-corrected chi connectivity index (χ0v) is 12.4. The number of nitriles is 1. The van der Waals surface area contributed by atoms with E-state index in [4.69, 9.17) is 15.7 Å². The first-order chi connectivity index (χ1) is 9.89. The number of benzene rings is 1. The maximum atomic E-state index is 13.7. The minimum atomic E-state index is -4.05. The smallest absolute Gasteiger partial charge is 0.262 e. The van der Waals surface area contributed by atoms with Crippen molar-refractivity contribution in [2.75, 3.05) is 17.6 Å². The molecule has 0 atom stereocenters. The first-order valence-corrected chi connectivity index (χ1v) is 7.88. The van der Waals surface area contributed by atoms with Crippen LogP contribution in [0, 0.1) is 17.1 Å². The summed E-state index contributed by atoms with van der Waals surface area (Å²) < 4.78 is 45.1. The lowest BCUT2D eigenvalue weighted by Crippen LogP contribution is -2.14. The van der Waals surface area contributed by atoms with Crippen molar-refractivity contribution >= 4 is 32.0 Å². The Morgan fingerprint density at radius 1 is 1.48 bits per heavy atom. The molecule has 0 saturated heterocycles. The van der Waals surface area contributed by atoms with Gasteiger partial charge in [0.15, 0.2) is 11.6 Å². The van der Waals surface area contributed by atoms with Crippen LogP contribution in [0.3, 0.4) is 0 Å². The lowest BCUT2D eigenvalue weighted by atomic mass is 10.3. The van der Waals surface area contributed by atoms with Crippen molar-refractivity contribution in [3.8, 4) is 11.8 Å². The molecule has 0 saturated carbocycles. The zero-order chi connectivity index (χ0) is 15.6. The number of anilines is 2. The number of thiophene rings is 1. The normalized spacial score (nSPS) is 10.9. The second-order valence-corrected chi connectivity index (χ2v) is 6.51. The van der Waals surface area contributed by atoms with E-state index in [2.05, 4.69) is 4.72 Å². The molecular formula is C12H10FN3O3S2. The van der Waals surface area contributed by atoms with Gasteiger partial charge in [-0.05, 0) is 23.6 Å². The number of nitrogens with two attached hydrogens (primary N) is 1. The summed E-state index contributed by atoms with van der Waals surface area (Å²) in [4.78, 5) is -0.351. The number of rotatable bonds is 4. The van der Waals surface area contributed by atoms with Crippen LogP contribution in [0.25, 0.3) is 0 Å². The topological polar surface area (TPSA) is 105 Å². The molecule has 2 rings (SSSR count). The molecule has 1 heterocycles. The fourth-order valence-corrected chi connectivity index (χ4v) is 3.73. The fraction of sp³-hybridized carbons (Fsp3) is 0.0833. The zero-order valence-electron chi connectivity index (χ0n) is 10.8. The molecule has 0 fully saturated rings. The van der Waals surface area contributed by atoms with E-state index in [1.165, 1.54) is 13.2 Å². The van der Waals surface area contributed by atoms with Crippen LogP contribution in [0.1, 0.15) is 5.56 Å². The summed E-state index contributed by atoms with van der Waals surface area (Å²) in [6.07, 6.45) is 0. The standard InChI is InChI=1S/C12H10FN3O3S2/c1-19-11-9(13)4-8(5-10(11)15)21(17,18)16-12-7(6-14)2-3-20-12/h2-5,16H,15H2,1H3. The second kappa shape index (κ2) is 5.59. The Morgan fingerprint density at radius 3 is 2.76 bits per heavy atom. The van der Waals surface area contributed by atoms with Gasteiger partial charge < -0.3 is 10.5 Å². The summed E-state index contributed by atoms with van der Waals surface area (Å²) in [6.45, 7) is 0. The maximum absolute atomic E-state index is 13.7. The number of halogens is 1. The number of nitrogens with zero attached hydrogens (tertiary/aromatic N) is 1. The van der Waals surface area contributed by atoms with E-state index in [0.717, 1.165) is 23.5 Å². The van der Waals surface area contributed by atoms with E-state index in [-0.39, 0.29) is 26.9 Å². The van der Waals surface area contributed by atoms with Crippen molar-refractivity contribution in [2.24, 2.45) is 0 Å². The molecule has 21 heavy (non-hydrogen) atoms. The van der Waals surface area contributed by atoms with Crippen LogP contribution >= 0.6 is 11.3 Å². The molecule has 2 aromatic rings. The van der Waals surface area contributed by atoms with Crippen LogP contribution in [0.15, 0.2) is 28.5 Å². The number of sulfonamides is 1. The number of methoxy groups -OCH3 is 1.